The molecule has 1 aromatic heterocycles. The summed E-state index contributed by atoms with van der Waals surface area (Å²) in [6.45, 7) is 1.36. The van der Waals surface area contributed by atoms with Gasteiger partial charge in [0.1, 0.15) is 12.4 Å². The molecular formula is C16H20N2O5S. The molecule has 1 amide bonds. The summed E-state index contributed by atoms with van der Waals surface area (Å²) in [5.74, 6) is 0.493. The Bertz CT molecular complexity index is 757. The Kier molecular flexibility index (Phi) is 6.39. The summed E-state index contributed by atoms with van der Waals surface area (Å²) < 4.78 is 35.3. The largest absolute Gasteiger partial charge is 0.467 e. The maximum absolute atomic E-state index is 12.0. The Morgan fingerprint density at radius 1 is 1.25 bits per heavy atom. The van der Waals surface area contributed by atoms with Crippen LogP contribution < -0.4 is 10.0 Å². The average Bonchev–Trinajstić information content (AvgIpc) is 3.02. The molecule has 0 saturated heterocycles. The number of carbonyl (C=O) groups excluding carboxylic acids is 1. The fraction of sp³-hybridized carbons (Fsp3) is 0.312. The van der Waals surface area contributed by atoms with Gasteiger partial charge in [-0.1, -0.05) is 6.07 Å². The second kappa shape index (κ2) is 8.51. The highest BCUT2D eigenvalue weighted by atomic mass is 32.2. The normalized spacial score (nSPS) is 11.2. The average molecular weight is 352 g/mol. The van der Waals surface area contributed by atoms with Crippen LogP contribution in [-0.2, 0) is 21.4 Å². The van der Waals surface area contributed by atoms with Gasteiger partial charge in [0.25, 0.3) is 5.91 Å². The van der Waals surface area contributed by atoms with Gasteiger partial charge >= 0.3 is 0 Å². The van der Waals surface area contributed by atoms with Crippen molar-refractivity contribution < 1.29 is 22.4 Å². The SMILES string of the molecule is CS(=O)(=O)Nc1cccc(C(=O)NCCCOCc2ccco2)c1. The molecule has 8 heteroatoms. The molecule has 0 spiro atoms. The topological polar surface area (TPSA) is 97.6 Å². The number of hydrogen-bond acceptors (Lipinski definition) is 5. The van der Waals surface area contributed by atoms with E-state index in [0.717, 1.165) is 12.0 Å². The van der Waals surface area contributed by atoms with Gasteiger partial charge in [-0.2, -0.15) is 0 Å². The third-order valence-electron chi connectivity index (χ3n) is 3.00. The van der Waals surface area contributed by atoms with Crippen LogP contribution in [0.5, 0.6) is 0 Å². The number of nitrogens with one attached hydrogen (secondary N) is 2. The van der Waals surface area contributed by atoms with E-state index in [1.165, 1.54) is 6.07 Å². The molecule has 0 fully saturated rings. The Hall–Kier alpha value is -2.32. The zero-order chi connectivity index (χ0) is 17.4. The van der Waals surface area contributed by atoms with Crippen molar-refractivity contribution in [1.29, 1.82) is 0 Å². The Labute approximate surface area is 141 Å². The standard InChI is InChI=1S/C16H20N2O5S/c1-24(20,21)18-14-6-2-5-13(11-14)16(19)17-8-4-9-22-12-15-7-3-10-23-15/h2-3,5-7,10-11,18H,4,8-9,12H2,1H3,(H,17,19). The van der Waals surface area contributed by atoms with Gasteiger partial charge in [-0.05, 0) is 36.8 Å². The van der Waals surface area contributed by atoms with Crippen LogP contribution in [0, 0.1) is 0 Å². The van der Waals surface area contributed by atoms with Gasteiger partial charge in [-0.3, -0.25) is 9.52 Å². The van der Waals surface area contributed by atoms with Gasteiger partial charge in [-0.25, -0.2) is 8.42 Å². The highest BCUT2D eigenvalue weighted by Gasteiger charge is 2.07. The van der Waals surface area contributed by atoms with E-state index in [2.05, 4.69) is 10.0 Å². The van der Waals surface area contributed by atoms with Crippen LogP contribution in [0.4, 0.5) is 5.69 Å². The molecule has 0 aliphatic heterocycles. The molecule has 0 aliphatic carbocycles. The Morgan fingerprint density at radius 2 is 2.08 bits per heavy atom. The zero-order valence-electron chi connectivity index (χ0n) is 13.3. The summed E-state index contributed by atoms with van der Waals surface area (Å²) in [4.78, 5) is 12.0. The number of benzene rings is 1. The van der Waals surface area contributed by atoms with E-state index in [4.69, 9.17) is 9.15 Å². The first-order valence-electron chi connectivity index (χ1n) is 7.40. The lowest BCUT2D eigenvalue weighted by molar-refractivity contribution is 0.0917. The first kappa shape index (κ1) is 18.0. The summed E-state index contributed by atoms with van der Waals surface area (Å²) >= 11 is 0. The number of furan rings is 1. The van der Waals surface area contributed by atoms with Crippen molar-refractivity contribution in [3.8, 4) is 0 Å². The Morgan fingerprint density at radius 3 is 2.79 bits per heavy atom. The number of sulfonamides is 1. The van der Waals surface area contributed by atoms with Crippen molar-refractivity contribution in [1.82, 2.24) is 5.32 Å². The third-order valence-corrected chi connectivity index (χ3v) is 3.61. The maximum Gasteiger partial charge on any atom is 0.251 e. The highest BCUT2D eigenvalue weighted by molar-refractivity contribution is 7.92. The molecule has 7 nitrogen and oxygen atoms in total. The van der Waals surface area contributed by atoms with E-state index in [1.54, 1.807) is 30.5 Å². The van der Waals surface area contributed by atoms with Crippen molar-refractivity contribution in [3.63, 3.8) is 0 Å². The number of hydrogen-bond donors (Lipinski definition) is 2. The van der Waals surface area contributed by atoms with E-state index < -0.39 is 10.0 Å². The van der Waals surface area contributed by atoms with E-state index in [-0.39, 0.29) is 5.91 Å². The molecule has 2 rings (SSSR count). The van der Waals surface area contributed by atoms with Crippen LogP contribution in [0.25, 0.3) is 0 Å². The van der Waals surface area contributed by atoms with Crippen LogP contribution in [0.15, 0.2) is 47.1 Å². The summed E-state index contributed by atoms with van der Waals surface area (Å²) in [5.41, 5.74) is 0.743. The predicted octanol–water partition coefficient (Wildman–Crippen LogP) is 1.99. The van der Waals surface area contributed by atoms with Crippen LogP contribution in [-0.4, -0.2) is 33.7 Å². The number of carbonyl (C=O) groups is 1. The smallest absolute Gasteiger partial charge is 0.251 e. The number of rotatable bonds is 9. The second-order valence-corrected chi connectivity index (χ2v) is 6.94. The minimum absolute atomic E-state index is 0.266. The molecule has 2 aromatic rings. The van der Waals surface area contributed by atoms with Gasteiger partial charge in [0, 0.05) is 24.4 Å². The van der Waals surface area contributed by atoms with Gasteiger partial charge in [-0.15, -0.1) is 0 Å². The van der Waals surface area contributed by atoms with Gasteiger partial charge < -0.3 is 14.5 Å². The lowest BCUT2D eigenvalue weighted by Gasteiger charge is -2.08. The molecule has 0 bridgehead atoms. The maximum atomic E-state index is 12.0. The molecule has 24 heavy (non-hydrogen) atoms. The van der Waals surface area contributed by atoms with Crippen LogP contribution in [0.1, 0.15) is 22.5 Å². The van der Waals surface area contributed by atoms with Crippen molar-refractivity contribution in [3.05, 3.63) is 54.0 Å². The van der Waals surface area contributed by atoms with Crippen molar-refractivity contribution >= 4 is 21.6 Å². The van der Waals surface area contributed by atoms with Gasteiger partial charge in [0.15, 0.2) is 0 Å². The van der Waals surface area contributed by atoms with Crippen LogP contribution in [0.3, 0.4) is 0 Å². The summed E-state index contributed by atoms with van der Waals surface area (Å²) in [6.07, 6.45) is 3.31. The lowest BCUT2D eigenvalue weighted by atomic mass is 10.2. The molecule has 0 unspecified atom stereocenters. The van der Waals surface area contributed by atoms with E-state index >= 15 is 0 Å². The molecule has 1 aromatic carbocycles. The van der Waals surface area contributed by atoms with E-state index in [1.807, 2.05) is 6.07 Å². The van der Waals surface area contributed by atoms with Crippen molar-refractivity contribution in [2.75, 3.05) is 24.1 Å². The van der Waals surface area contributed by atoms with Gasteiger partial charge in [0.05, 0.1) is 12.5 Å². The summed E-state index contributed by atoms with van der Waals surface area (Å²) in [7, 11) is -3.37. The molecular weight excluding hydrogens is 332 g/mol. The molecule has 0 radical (unpaired) electrons. The molecule has 130 valence electrons. The highest BCUT2D eigenvalue weighted by Crippen LogP contribution is 2.11. The predicted molar refractivity (Wildman–Crippen MR) is 90.2 cm³/mol. The number of ether oxygens (including phenoxy) is 1. The Balaban J connectivity index is 1.71. The summed E-state index contributed by atoms with van der Waals surface area (Å²) in [5, 5.41) is 2.76. The quantitative estimate of drug-likeness (QED) is 0.673. The number of anilines is 1. The van der Waals surface area contributed by atoms with Gasteiger partial charge in [0.2, 0.25) is 10.0 Å². The number of amides is 1. The zero-order valence-corrected chi connectivity index (χ0v) is 14.1. The fourth-order valence-electron chi connectivity index (χ4n) is 1.98. The van der Waals surface area contributed by atoms with Crippen LogP contribution in [0.2, 0.25) is 0 Å². The monoisotopic (exact) mass is 352 g/mol. The minimum atomic E-state index is -3.37. The third kappa shape index (κ3) is 6.43. The molecule has 0 saturated carbocycles. The first-order chi connectivity index (χ1) is 11.4. The molecule has 0 atom stereocenters. The summed E-state index contributed by atoms with van der Waals surface area (Å²) in [6, 6.07) is 9.94. The molecule has 2 N–H and O–H groups in total. The molecule has 1 heterocycles. The van der Waals surface area contributed by atoms with Crippen molar-refractivity contribution in [2.45, 2.75) is 13.0 Å². The van der Waals surface area contributed by atoms with Crippen LogP contribution >= 0.6 is 0 Å². The van der Waals surface area contributed by atoms with Crippen molar-refractivity contribution in [2.24, 2.45) is 0 Å². The molecule has 0 aliphatic rings. The van der Waals surface area contributed by atoms with E-state index in [0.29, 0.717) is 37.4 Å². The first-order valence-corrected chi connectivity index (χ1v) is 9.29. The lowest BCUT2D eigenvalue weighted by Crippen LogP contribution is -2.25. The second-order valence-electron chi connectivity index (χ2n) is 5.20. The fourth-order valence-corrected chi connectivity index (χ4v) is 2.54. The minimum Gasteiger partial charge on any atom is -0.467 e. The van der Waals surface area contributed by atoms with E-state index in [9.17, 15) is 13.2 Å².